The molecule has 2 N–H and O–H groups in total. The molecule has 1 aliphatic rings. The molecule has 0 bridgehead atoms. The van der Waals surface area contributed by atoms with Crippen molar-refractivity contribution in [2.45, 2.75) is 19.4 Å². The van der Waals surface area contributed by atoms with Crippen molar-refractivity contribution in [1.29, 1.82) is 0 Å². The molecule has 0 saturated carbocycles. The third kappa shape index (κ3) is 4.34. The molecule has 36 heavy (non-hydrogen) atoms. The number of nitrogens with one attached hydrogen (secondary N) is 2. The van der Waals surface area contributed by atoms with Gasteiger partial charge in [-0.15, -0.1) is 0 Å². The van der Waals surface area contributed by atoms with Gasteiger partial charge in [0.1, 0.15) is 17.3 Å². The molecule has 0 radical (unpaired) electrons. The van der Waals surface area contributed by atoms with Gasteiger partial charge in [-0.05, 0) is 48.9 Å². The molecule has 0 aliphatic carbocycles. The van der Waals surface area contributed by atoms with E-state index < -0.39 is 0 Å². The maximum absolute atomic E-state index is 12.5. The Balaban J connectivity index is 1.14. The number of rotatable bonds is 6. The summed E-state index contributed by atoms with van der Waals surface area (Å²) in [5.41, 5.74) is 5.19. The number of carbonyl (C=O) groups excluding carboxylic acids is 1. The summed E-state index contributed by atoms with van der Waals surface area (Å²) in [4.78, 5) is 31.2. The lowest BCUT2D eigenvalue weighted by atomic mass is 10.1. The van der Waals surface area contributed by atoms with Gasteiger partial charge in [0.2, 0.25) is 5.91 Å². The van der Waals surface area contributed by atoms with E-state index in [0.29, 0.717) is 17.1 Å². The fourth-order valence-electron chi connectivity index (χ4n) is 4.28. The van der Waals surface area contributed by atoms with Crippen molar-refractivity contribution in [1.82, 2.24) is 20.1 Å². The molecule has 178 valence electrons. The van der Waals surface area contributed by atoms with Crippen molar-refractivity contribution < 1.29 is 9.32 Å². The average molecular weight is 478 g/mol. The molecule has 5 heterocycles. The number of carbonyl (C=O) groups is 1. The number of H-pyrrole nitrogens is 1. The monoisotopic (exact) mass is 477 g/mol. The van der Waals surface area contributed by atoms with Gasteiger partial charge in [-0.25, -0.2) is 4.98 Å². The summed E-state index contributed by atoms with van der Waals surface area (Å²) in [5, 5.41) is 7.99. The summed E-state index contributed by atoms with van der Waals surface area (Å²) in [5.74, 6) is 1.20. The minimum absolute atomic E-state index is 0.0885. The molecule has 9 heteroatoms. The zero-order valence-corrected chi connectivity index (χ0v) is 19.5. The number of benzene rings is 1. The van der Waals surface area contributed by atoms with E-state index in [2.05, 4.69) is 48.3 Å². The largest absolute Gasteiger partial charge is 0.360 e. The number of hydrogen-bond donors (Lipinski definition) is 2. The summed E-state index contributed by atoms with van der Waals surface area (Å²) in [6, 6.07) is 17.5. The molecule has 4 aromatic heterocycles. The summed E-state index contributed by atoms with van der Waals surface area (Å²) >= 11 is 0. The van der Waals surface area contributed by atoms with Gasteiger partial charge < -0.3 is 19.7 Å². The fraction of sp³-hybridized carbons (Fsp3) is 0.148. The van der Waals surface area contributed by atoms with Gasteiger partial charge in [0, 0.05) is 53.5 Å². The fourth-order valence-corrected chi connectivity index (χ4v) is 4.28. The highest BCUT2D eigenvalue weighted by atomic mass is 16.5. The number of aliphatic imine (C=N–C) groups is 1. The molecular formula is C27H23N7O2. The van der Waals surface area contributed by atoms with Crippen LogP contribution in [-0.2, 0) is 11.2 Å². The topological polar surface area (TPSA) is 112 Å². The Bertz CT molecular complexity index is 1550. The highest BCUT2D eigenvalue weighted by Crippen LogP contribution is 2.31. The summed E-state index contributed by atoms with van der Waals surface area (Å²) in [6.07, 6.45) is 7.15. The van der Waals surface area contributed by atoms with Gasteiger partial charge in [0.15, 0.2) is 0 Å². The lowest BCUT2D eigenvalue weighted by Crippen LogP contribution is -2.22. The number of pyridine rings is 2. The van der Waals surface area contributed by atoms with E-state index in [1.54, 1.807) is 18.5 Å². The van der Waals surface area contributed by atoms with Crippen LogP contribution in [0.15, 0.2) is 82.7 Å². The van der Waals surface area contributed by atoms with Crippen LogP contribution in [0.4, 0.5) is 11.5 Å². The van der Waals surface area contributed by atoms with E-state index in [1.807, 2.05) is 55.0 Å². The maximum Gasteiger partial charge on any atom is 0.232 e. The first-order chi connectivity index (χ1) is 17.6. The third-order valence-corrected chi connectivity index (χ3v) is 6.05. The predicted molar refractivity (Wildman–Crippen MR) is 139 cm³/mol. The van der Waals surface area contributed by atoms with E-state index in [1.165, 1.54) is 0 Å². The Morgan fingerprint density at radius 3 is 2.81 bits per heavy atom. The standard InChI is InChI=1S/C27H23N7O2/c1-17-15-34(16-30-17)27-22-13-24(32-23(22)8-10-29-27)18-4-6-20(7-5-18)31-26(35)12-21-11-25(33-36-21)19-3-2-9-28-14-19/h2-11,13-14,16-17,32H,12,15H2,1H3,(H,31,35). The Kier molecular flexibility index (Phi) is 5.49. The van der Waals surface area contributed by atoms with Crippen molar-refractivity contribution >= 4 is 34.7 Å². The van der Waals surface area contributed by atoms with Crippen LogP contribution >= 0.6 is 0 Å². The first kappa shape index (κ1) is 21.7. The molecule has 0 fully saturated rings. The SMILES string of the molecule is CC1CN(c2nccc3[nH]c(-c4ccc(NC(=O)Cc5cc(-c6cccnc6)no5)cc4)cc23)C=N1. The quantitative estimate of drug-likeness (QED) is 0.367. The normalized spacial score (nSPS) is 15.0. The van der Waals surface area contributed by atoms with E-state index in [9.17, 15) is 4.79 Å². The average Bonchev–Trinajstić information content (AvgIpc) is 3.64. The van der Waals surface area contributed by atoms with Gasteiger partial charge in [0.05, 0.1) is 24.3 Å². The Morgan fingerprint density at radius 2 is 2.03 bits per heavy atom. The van der Waals surface area contributed by atoms with E-state index in [0.717, 1.165) is 40.1 Å². The third-order valence-electron chi connectivity index (χ3n) is 6.05. The van der Waals surface area contributed by atoms with Crippen LogP contribution in [0.2, 0.25) is 0 Å². The van der Waals surface area contributed by atoms with E-state index >= 15 is 0 Å². The van der Waals surface area contributed by atoms with Crippen LogP contribution in [0.3, 0.4) is 0 Å². The van der Waals surface area contributed by atoms with Crippen LogP contribution < -0.4 is 10.2 Å². The van der Waals surface area contributed by atoms with Crippen LogP contribution in [-0.4, -0.2) is 44.9 Å². The minimum Gasteiger partial charge on any atom is -0.360 e. The Hall–Kier alpha value is -4.79. The van der Waals surface area contributed by atoms with Gasteiger partial charge in [-0.3, -0.25) is 14.8 Å². The highest BCUT2D eigenvalue weighted by molar-refractivity contribution is 5.99. The second-order valence-electron chi connectivity index (χ2n) is 8.77. The Morgan fingerprint density at radius 1 is 1.14 bits per heavy atom. The maximum atomic E-state index is 12.5. The van der Waals surface area contributed by atoms with Gasteiger partial charge in [-0.2, -0.15) is 0 Å². The molecule has 1 aromatic carbocycles. The molecule has 1 amide bonds. The first-order valence-electron chi connectivity index (χ1n) is 11.7. The van der Waals surface area contributed by atoms with Crippen molar-refractivity contribution in [3.8, 4) is 22.5 Å². The lowest BCUT2D eigenvalue weighted by Gasteiger charge is -2.14. The van der Waals surface area contributed by atoms with Crippen LogP contribution in [0.25, 0.3) is 33.4 Å². The number of aromatic amines is 1. The number of fused-ring (bicyclic) bond motifs is 1. The second kappa shape index (κ2) is 9.10. The van der Waals surface area contributed by atoms with Crippen LogP contribution in [0, 0.1) is 0 Å². The molecule has 0 saturated heterocycles. The molecule has 1 aliphatic heterocycles. The number of amides is 1. The molecular weight excluding hydrogens is 454 g/mol. The molecule has 5 aromatic rings. The minimum atomic E-state index is -0.181. The van der Waals surface area contributed by atoms with E-state index in [-0.39, 0.29) is 18.4 Å². The molecule has 6 rings (SSSR count). The number of hydrogen-bond acceptors (Lipinski definition) is 7. The zero-order valence-electron chi connectivity index (χ0n) is 19.5. The van der Waals surface area contributed by atoms with Crippen molar-refractivity contribution in [2.75, 3.05) is 16.8 Å². The smallest absolute Gasteiger partial charge is 0.232 e. The summed E-state index contributed by atoms with van der Waals surface area (Å²) in [7, 11) is 0. The van der Waals surface area contributed by atoms with Crippen LogP contribution in [0.1, 0.15) is 12.7 Å². The number of aromatic nitrogens is 4. The van der Waals surface area contributed by atoms with Gasteiger partial charge in [-0.1, -0.05) is 17.3 Å². The van der Waals surface area contributed by atoms with Gasteiger partial charge >= 0.3 is 0 Å². The molecule has 9 nitrogen and oxygen atoms in total. The zero-order chi connectivity index (χ0) is 24.5. The van der Waals surface area contributed by atoms with E-state index in [4.69, 9.17) is 4.52 Å². The second-order valence-corrected chi connectivity index (χ2v) is 8.77. The van der Waals surface area contributed by atoms with Gasteiger partial charge in [0.25, 0.3) is 0 Å². The van der Waals surface area contributed by atoms with Crippen molar-refractivity contribution in [3.05, 3.63) is 78.9 Å². The molecule has 1 atom stereocenters. The van der Waals surface area contributed by atoms with Crippen molar-refractivity contribution in [2.24, 2.45) is 4.99 Å². The molecule has 1 unspecified atom stereocenters. The molecule has 0 spiro atoms. The number of anilines is 2. The predicted octanol–water partition coefficient (Wildman–Crippen LogP) is 4.70. The number of nitrogens with zero attached hydrogens (tertiary/aromatic N) is 5. The Labute approximate surface area is 206 Å². The first-order valence-corrected chi connectivity index (χ1v) is 11.7. The van der Waals surface area contributed by atoms with Crippen LogP contribution in [0.5, 0.6) is 0 Å². The highest BCUT2D eigenvalue weighted by Gasteiger charge is 2.19. The van der Waals surface area contributed by atoms with Crippen molar-refractivity contribution in [3.63, 3.8) is 0 Å². The summed E-state index contributed by atoms with van der Waals surface area (Å²) in [6.45, 7) is 2.91. The lowest BCUT2D eigenvalue weighted by molar-refractivity contribution is -0.115. The summed E-state index contributed by atoms with van der Waals surface area (Å²) < 4.78 is 5.33.